The van der Waals surface area contributed by atoms with E-state index in [1.807, 2.05) is 0 Å². The third kappa shape index (κ3) is 1.93. The lowest BCUT2D eigenvalue weighted by molar-refractivity contribution is 0.0757. The molecule has 0 aliphatic carbocycles. The summed E-state index contributed by atoms with van der Waals surface area (Å²) in [6.45, 7) is 1.86. The highest BCUT2D eigenvalue weighted by Gasteiger charge is 2.30. The van der Waals surface area contributed by atoms with Crippen molar-refractivity contribution in [3.63, 3.8) is 0 Å². The average Bonchev–Trinajstić information content (AvgIpc) is 1.94. The molecule has 2 unspecified atom stereocenters. The van der Waals surface area contributed by atoms with E-state index in [4.69, 9.17) is 6.42 Å². The Morgan fingerprint density at radius 1 is 1.64 bits per heavy atom. The first-order valence-corrected chi connectivity index (χ1v) is 4.42. The zero-order valence-corrected chi connectivity index (χ0v) is 6.80. The first kappa shape index (κ1) is 8.53. The fourth-order valence-corrected chi connectivity index (χ4v) is 1.66. The molecule has 1 aliphatic rings. The molecule has 1 heterocycles. The Kier molecular flexibility index (Phi) is 2.18. The van der Waals surface area contributed by atoms with Crippen LogP contribution >= 0.6 is 0 Å². The van der Waals surface area contributed by atoms with Crippen molar-refractivity contribution in [2.24, 2.45) is 5.92 Å². The molecule has 1 saturated heterocycles. The summed E-state index contributed by atoms with van der Waals surface area (Å²) in [4.78, 5) is 0. The Morgan fingerprint density at radius 2 is 2.27 bits per heavy atom. The number of hydrogen-bond donors (Lipinski definition) is 0. The molecule has 0 aromatic heterocycles. The normalized spacial score (nSPS) is 36.0. The molecule has 0 amide bonds. The number of rotatable bonds is 0. The maximum absolute atomic E-state index is 10.6. The van der Waals surface area contributed by atoms with Crippen molar-refractivity contribution in [3.8, 4) is 12.3 Å². The summed E-state index contributed by atoms with van der Waals surface area (Å²) in [7, 11) is -3.82. The molecule has 0 radical (unpaired) electrons. The predicted molar refractivity (Wildman–Crippen MR) is 37.7 cm³/mol. The van der Waals surface area contributed by atoms with E-state index in [9.17, 15) is 8.42 Å². The molecule has 0 aromatic rings. The quantitative estimate of drug-likeness (QED) is 0.484. The molecule has 0 aromatic carbocycles. The van der Waals surface area contributed by atoms with Crippen LogP contribution in [-0.4, -0.2) is 21.1 Å². The maximum atomic E-state index is 10.6. The number of terminal acetylenes is 1. The van der Waals surface area contributed by atoms with E-state index < -0.39 is 16.5 Å². The van der Waals surface area contributed by atoms with Crippen molar-refractivity contribution < 1.29 is 16.8 Å². The predicted octanol–water partition coefficient (Wildman–Crippen LogP) is -0.0841. The standard InChI is InChI=1S/C6H8O4S/c1-3-6-5(2)4-9-11(7,8)10-6/h1,5-6H,4H2,2H3. The van der Waals surface area contributed by atoms with Crippen molar-refractivity contribution in [2.45, 2.75) is 13.0 Å². The lowest BCUT2D eigenvalue weighted by atomic mass is 10.1. The van der Waals surface area contributed by atoms with Crippen molar-refractivity contribution in [3.05, 3.63) is 0 Å². The summed E-state index contributed by atoms with van der Waals surface area (Å²) in [6, 6.07) is 0. The van der Waals surface area contributed by atoms with Gasteiger partial charge in [0.1, 0.15) is 6.10 Å². The van der Waals surface area contributed by atoms with Crippen LogP contribution in [0.2, 0.25) is 0 Å². The molecule has 0 bridgehead atoms. The lowest BCUT2D eigenvalue weighted by Gasteiger charge is -2.23. The monoisotopic (exact) mass is 176 g/mol. The van der Waals surface area contributed by atoms with Gasteiger partial charge in [0, 0.05) is 5.92 Å². The first-order chi connectivity index (χ1) is 5.05. The average molecular weight is 176 g/mol. The third-order valence-corrected chi connectivity index (χ3v) is 2.25. The van der Waals surface area contributed by atoms with Crippen molar-refractivity contribution in [2.75, 3.05) is 6.61 Å². The van der Waals surface area contributed by atoms with Crippen molar-refractivity contribution in [1.82, 2.24) is 0 Å². The molecule has 0 spiro atoms. The fraction of sp³-hybridized carbons (Fsp3) is 0.667. The molecule has 4 nitrogen and oxygen atoms in total. The minimum absolute atomic E-state index is 0.0801. The molecule has 0 N–H and O–H groups in total. The Labute approximate surface area is 65.8 Å². The smallest absolute Gasteiger partial charge is 0.248 e. The van der Waals surface area contributed by atoms with E-state index in [2.05, 4.69) is 14.3 Å². The van der Waals surface area contributed by atoms with Crippen LogP contribution in [0.5, 0.6) is 0 Å². The SMILES string of the molecule is C#CC1OS(=O)(=O)OCC1C. The Bertz CT molecular complexity index is 273. The molecule has 11 heavy (non-hydrogen) atoms. The summed E-state index contributed by atoms with van der Waals surface area (Å²) in [5.41, 5.74) is 0. The van der Waals surface area contributed by atoms with E-state index in [0.29, 0.717) is 0 Å². The zero-order chi connectivity index (χ0) is 8.48. The summed E-state index contributed by atoms with van der Waals surface area (Å²) < 4.78 is 30.1. The van der Waals surface area contributed by atoms with E-state index in [1.165, 1.54) is 0 Å². The maximum Gasteiger partial charge on any atom is 0.401 e. The summed E-state index contributed by atoms with van der Waals surface area (Å²) in [5, 5.41) is 0. The second kappa shape index (κ2) is 2.81. The van der Waals surface area contributed by atoms with E-state index in [1.54, 1.807) is 6.92 Å². The van der Waals surface area contributed by atoms with Crippen LogP contribution in [-0.2, 0) is 18.8 Å². The van der Waals surface area contributed by atoms with Gasteiger partial charge in [-0.15, -0.1) is 6.42 Å². The molecule has 1 fully saturated rings. The van der Waals surface area contributed by atoms with Crippen molar-refractivity contribution >= 4 is 10.4 Å². The first-order valence-electron chi connectivity index (χ1n) is 3.09. The summed E-state index contributed by atoms with van der Waals surface area (Å²) in [5.74, 6) is 2.15. The summed E-state index contributed by atoms with van der Waals surface area (Å²) in [6.07, 6.45) is 4.33. The van der Waals surface area contributed by atoms with Gasteiger partial charge < -0.3 is 0 Å². The van der Waals surface area contributed by atoms with Gasteiger partial charge in [0.15, 0.2) is 0 Å². The zero-order valence-electron chi connectivity index (χ0n) is 5.98. The molecule has 2 atom stereocenters. The van der Waals surface area contributed by atoms with Gasteiger partial charge in [-0.1, -0.05) is 12.8 Å². The molecule has 62 valence electrons. The molecule has 1 rings (SSSR count). The minimum atomic E-state index is -3.82. The summed E-state index contributed by atoms with van der Waals surface area (Å²) >= 11 is 0. The molecular formula is C6H8O4S. The van der Waals surface area contributed by atoms with Crippen LogP contribution in [0.4, 0.5) is 0 Å². The van der Waals surface area contributed by atoms with Crippen LogP contribution in [0.3, 0.4) is 0 Å². The van der Waals surface area contributed by atoms with Crippen LogP contribution in [0.15, 0.2) is 0 Å². The topological polar surface area (TPSA) is 52.6 Å². The van der Waals surface area contributed by atoms with Crippen LogP contribution in [0, 0.1) is 18.3 Å². The van der Waals surface area contributed by atoms with E-state index in [0.717, 1.165) is 0 Å². The lowest BCUT2D eigenvalue weighted by Crippen LogP contribution is -2.34. The highest BCUT2D eigenvalue weighted by Crippen LogP contribution is 2.18. The highest BCUT2D eigenvalue weighted by molar-refractivity contribution is 7.81. The Balaban J connectivity index is 2.76. The Morgan fingerprint density at radius 3 is 2.73 bits per heavy atom. The third-order valence-electron chi connectivity index (χ3n) is 1.38. The molecule has 1 aliphatic heterocycles. The van der Waals surface area contributed by atoms with Crippen LogP contribution < -0.4 is 0 Å². The van der Waals surface area contributed by atoms with Gasteiger partial charge in [-0.05, 0) is 0 Å². The van der Waals surface area contributed by atoms with Gasteiger partial charge in [-0.25, -0.2) is 8.37 Å². The molecular weight excluding hydrogens is 168 g/mol. The molecule has 0 saturated carbocycles. The second-order valence-corrected chi connectivity index (χ2v) is 3.60. The van der Waals surface area contributed by atoms with Gasteiger partial charge in [0.2, 0.25) is 0 Å². The van der Waals surface area contributed by atoms with Gasteiger partial charge in [-0.2, -0.15) is 8.42 Å². The van der Waals surface area contributed by atoms with Crippen LogP contribution in [0.1, 0.15) is 6.92 Å². The van der Waals surface area contributed by atoms with Gasteiger partial charge in [0.05, 0.1) is 6.61 Å². The van der Waals surface area contributed by atoms with Gasteiger partial charge in [0.25, 0.3) is 0 Å². The minimum Gasteiger partial charge on any atom is -0.248 e. The highest BCUT2D eigenvalue weighted by atomic mass is 32.3. The van der Waals surface area contributed by atoms with Gasteiger partial charge >= 0.3 is 10.4 Å². The van der Waals surface area contributed by atoms with Crippen LogP contribution in [0.25, 0.3) is 0 Å². The second-order valence-electron chi connectivity index (χ2n) is 2.35. The largest absolute Gasteiger partial charge is 0.401 e. The molecule has 5 heteroatoms. The van der Waals surface area contributed by atoms with Gasteiger partial charge in [-0.3, -0.25) is 0 Å². The number of hydrogen-bond acceptors (Lipinski definition) is 4. The Hall–Kier alpha value is -0.570. The van der Waals surface area contributed by atoms with E-state index in [-0.39, 0.29) is 12.5 Å². The van der Waals surface area contributed by atoms with Crippen molar-refractivity contribution in [1.29, 1.82) is 0 Å². The fourth-order valence-electron chi connectivity index (χ4n) is 0.720. The van der Waals surface area contributed by atoms with E-state index >= 15 is 0 Å².